The van der Waals surface area contributed by atoms with Crippen molar-refractivity contribution in [2.45, 2.75) is 57.5 Å². The Kier molecular flexibility index (Phi) is 8.79. The molecule has 1 amide bonds. The van der Waals surface area contributed by atoms with Crippen molar-refractivity contribution in [1.82, 2.24) is 14.7 Å². The SMILES string of the molecule is COCC[C@@H](CN1CCC(C(=O)Nc2ccc(Cl)cc2OC(F)F)(n2ncc3c2C(C)(C)OC3)CC1)C(=O)O. The van der Waals surface area contributed by atoms with Gasteiger partial charge in [-0.2, -0.15) is 13.9 Å². The van der Waals surface area contributed by atoms with Gasteiger partial charge >= 0.3 is 12.6 Å². The van der Waals surface area contributed by atoms with Gasteiger partial charge < -0.3 is 29.5 Å². The fourth-order valence-electron chi connectivity index (χ4n) is 5.32. The van der Waals surface area contributed by atoms with E-state index in [2.05, 4.69) is 15.2 Å². The Hall–Kier alpha value is -2.80. The summed E-state index contributed by atoms with van der Waals surface area (Å²) >= 11 is 5.98. The Bertz CT molecular complexity index is 1200. The zero-order chi connectivity index (χ0) is 28.4. The Morgan fingerprint density at radius 2 is 2.00 bits per heavy atom. The summed E-state index contributed by atoms with van der Waals surface area (Å²) in [4.78, 5) is 27.9. The maximum Gasteiger partial charge on any atom is 0.387 e. The molecule has 0 spiro atoms. The minimum atomic E-state index is -3.11. The second-order valence-electron chi connectivity index (χ2n) is 10.4. The zero-order valence-electron chi connectivity index (χ0n) is 22.1. The van der Waals surface area contributed by atoms with Crippen molar-refractivity contribution in [3.63, 3.8) is 0 Å². The third-order valence-corrected chi connectivity index (χ3v) is 7.66. The minimum Gasteiger partial charge on any atom is -0.481 e. The highest BCUT2D eigenvalue weighted by molar-refractivity contribution is 6.30. The van der Waals surface area contributed by atoms with Crippen molar-refractivity contribution < 1.29 is 37.7 Å². The topological polar surface area (TPSA) is 115 Å². The van der Waals surface area contributed by atoms with Crippen LogP contribution in [0.1, 0.15) is 44.4 Å². The Balaban J connectivity index is 1.65. The van der Waals surface area contributed by atoms with Crippen molar-refractivity contribution in [2.75, 3.05) is 38.7 Å². The fraction of sp³-hybridized carbons (Fsp3) is 0.577. The molecule has 4 rings (SSSR count). The van der Waals surface area contributed by atoms with E-state index in [1.54, 1.807) is 10.9 Å². The lowest BCUT2D eigenvalue weighted by Crippen LogP contribution is -2.55. The number of fused-ring (bicyclic) bond motifs is 1. The zero-order valence-corrected chi connectivity index (χ0v) is 22.8. The smallest absolute Gasteiger partial charge is 0.387 e. The van der Waals surface area contributed by atoms with Crippen LogP contribution in [-0.2, 0) is 36.8 Å². The number of hydrogen-bond acceptors (Lipinski definition) is 7. The van der Waals surface area contributed by atoms with Crippen molar-refractivity contribution in [2.24, 2.45) is 5.92 Å². The summed E-state index contributed by atoms with van der Waals surface area (Å²) in [6.45, 7) is 2.53. The van der Waals surface area contributed by atoms with Gasteiger partial charge in [-0.1, -0.05) is 11.6 Å². The van der Waals surface area contributed by atoms with Crippen molar-refractivity contribution in [3.05, 3.63) is 40.7 Å². The van der Waals surface area contributed by atoms with E-state index in [1.807, 2.05) is 18.7 Å². The molecule has 0 bridgehead atoms. The molecule has 1 atom stereocenters. The third kappa shape index (κ3) is 6.19. The van der Waals surface area contributed by atoms with E-state index in [4.69, 9.17) is 21.1 Å². The fourth-order valence-corrected chi connectivity index (χ4v) is 5.48. The lowest BCUT2D eigenvalue weighted by atomic mass is 9.84. The van der Waals surface area contributed by atoms with E-state index < -0.39 is 35.5 Å². The molecule has 0 saturated carbocycles. The van der Waals surface area contributed by atoms with Gasteiger partial charge in [0.15, 0.2) is 5.75 Å². The van der Waals surface area contributed by atoms with Gasteiger partial charge in [0.1, 0.15) is 11.1 Å². The molecule has 0 unspecified atom stereocenters. The lowest BCUT2D eigenvalue weighted by Gasteiger charge is -2.43. The molecular formula is C26H33ClF2N4O6. The summed E-state index contributed by atoms with van der Waals surface area (Å²) in [5, 5.41) is 17.2. The number of carboxylic acids is 1. The average molecular weight is 571 g/mol. The normalized spacial score (nSPS) is 19.1. The van der Waals surface area contributed by atoms with Gasteiger partial charge in [0, 0.05) is 50.0 Å². The maximum absolute atomic E-state index is 14.1. The number of likely N-dealkylation sites (tertiary alicyclic amines) is 1. The Morgan fingerprint density at radius 3 is 2.64 bits per heavy atom. The number of nitrogens with one attached hydrogen (secondary N) is 1. The number of alkyl halides is 2. The predicted molar refractivity (Wildman–Crippen MR) is 138 cm³/mol. The second-order valence-corrected chi connectivity index (χ2v) is 10.8. The quantitative estimate of drug-likeness (QED) is 0.415. The number of carboxylic acid groups (broad SMARTS) is 1. The summed E-state index contributed by atoms with van der Waals surface area (Å²) in [7, 11) is 1.53. The van der Waals surface area contributed by atoms with Gasteiger partial charge in [-0.3, -0.25) is 14.3 Å². The molecule has 3 heterocycles. The van der Waals surface area contributed by atoms with Crippen molar-refractivity contribution >= 4 is 29.2 Å². The number of piperidine rings is 1. The molecule has 39 heavy (non-hydrogen) atoms. The summed E-state index contributed by atoms with van der Waals surface area (Å²) in [6.07, 6.45) is 2.66. The van der Waals surface area contributed by atoms with E-state index in [9.17, 15) is 23.5 Å². The molecule has 2 aromatic rings. The van der Waals surface area contributed by atoms with E-state index in [0.29, 0.717) is 52.1 Å². The second kappa shape index (κ2) is 11.7. The van der Waals surface area contributed by atoms with Crippen LogP contribution >= 0.6 is 11.6 Å². The number of methoxy groups -OCH3 is 1. The number of amides is 1. The van der Waals surface area contributed by atoms with Crippen LogP contribution in [0.2, 0.25) is 5.02 Å². The number of carbonyl (C=O) groups is 2. The standard InChI is InChI=1S/C26H33ClF2N4O6/c1-25(2)21-17(15-38-25)13-30-33(21)26(7-9-32(10-8-26)14-16(22(34)35)6-11-37-3)23(36)31-19-5-4-18(27)12-20(19)39-24(28)29/h4-5,12-13,16,24H,6-11,14-15H2,1-3H3,(H,31,36)(H,34,35)/t16-/m0/s1. The highest BCUT2D eigenvalue weighted by Gasteiger charge is 2.49. The molecule has 0 aliphatic carbocycles. The van der Waals surface area contributed by atoms with Crippen LogP contribution in [0.4, 0.5) is 14.5 Å². The van der Waals surface area contributed by atoms with Gasteiger partial charge in [0.25, 0.3) is 5.91 Å². The number of benzene rings is 1. The van der Waals surface area contributed by atoms with E-state index >= 15 is 0 Å². The highest BCUT2D eigenvalue weighted by atomic mass is 35.5. The number of rotatable bonds is 11. The van der Waals surface area contributed by atoms with Crippen LogP contribution in [0.15, 0.2) is 24.4 Å². The van der Waals surface area contributed by atoms with Gasteiger partial charge in [0.2, 0.25) is 0 Å². The molecular weight excluding hydrogens is 538 g/mol. The van der Waals surface area contributed by atoms with Crippen molar-refractivity contribution in [3.8, 4) is 5.75 Å². The molecule has 1 saturated heterocycles. The maximum atomic E-state index is 14.1. The first-order valence-electron chi connectivity index (χ1n) is 12.7. The Labute approximate surface area is 230 Å². The van der Waals surface area contributed by atoms with Gasteiger partial charge in [-0.25, -0.2) is 0 Å². The number of carbonyl (C=O) groups excluding carboxylic acids is 1. The molecule has 214 valence electrons. The van der Waals surface area contributed by atoms with E-state index in [0.717, 1.165) is 11.3 Å². The van der Waals surface area contributed by atoms with Gasteiger partial charge in [-0.15, -0.1) is 0 Å². The molecule has 2 N–H and O–H groups in total. The number of nitrogens with zero attached hydrogens (tertiary/aromatic N) is 3. The molecule has 2 aliphatic heterocycles. The number of hydrogen-bond donors (Lipinski definition) is 2. The molecule has 1 fully saturated rings. The third-order valence-electron chi connectivity index (χ3n) is 7.42. The van der Waals surface area contributed by atoms with Crippen molar-refractivity contribution in [1.29, 1.82) is 0 Å². The summed E-state index contributed by atoms with van der Waals surface area (Å²) in [5.41, 5.74) is -0.198. The Morgan fingerprint density at radius 1 is 1.28 bits per heavy atom. The van der Waals surface area contributed by atoms with Gasteiger partial charge in [-0.05, 0) is 45.2 Å². The first kappa shape index (κ1) is 29.2. The number of aliphatic carboxylic acids is 1. The first-order valence-corrected chi connectivity index (χ1v) is 13.1. The summed E-state index contributed by atoms with van der Waals surface area (Å²) in [6, 6.07) is 4.10. The van der Waals surface area contributed by atoms with Crippen LogP contribution in [0.25, 0.3) is 0 Å². The van der Waals surface area contributed by atoms with Gasteiger partial charge in [0.05, 0.1) is 30.1 Å². The summed E-state index contributed by atoms with van der Waals surface area (Å²) < 4.78 is 43.5. The molecule has 1 aromatic heterocycles. The first-order chi connectivity index (χ1) is 18.5. The molecule has 1 aromatic carbocycles. The van der Waals surface area contributed by atoms with Crippen LogP contribution in [0.5, 0.6) is 5.75 Å². The highest BCUT2D eigenvalue weighted by Crippen LogP contribution is 2.42. The molecule has 2 aliphatic rings. The molecule has 0 radical (unpaired) electrons. The molecule has 13 heteroatoms. The largest absolute Gasteiger partial charge is 0.481 e. The number of anilines is 1. The monoisotopic (exact) mass is 570 g/mol. The number of halogens is 3. The van der Waals surface area contributed by atoms with Crippen LogP contribution < -0.4 is 10.1 Å². The summed E-state index contributed by atoms with van der Waals surface area (Å²) in [5.74, 6) is -2.23. The van der Waals surface area contributed by atoms with Crippen LogP contribution in [0, 0.1) is 5.92 Å². The van der Waals surface area contributed by atoms with E-state index in [-0.39, 0.29) is 16.5 Å². The average Bonchev–Trinajstić information content (AvgIpc) is 3.44. The number of aromatic nitrogens is 2. The molecule has 10 nitrogen and oxygen atoms in total. The number of ether oxygens (including phenoxy) is 3. The van der Waals surface area contributed by atoms with Crippen LogP contribution in [0.3, 0.4) is 0 Å². The minimum absolute atomic E-state index is 0.0522. The predicted octanol–water partition coefficient (Wildman–Crippen LogP) is 4.07. The van der Waals surface area contributed by atoms with Crippen LogP contribution in [-0.4, -0.2) is 71.6 Å². The van der Waals surface area contributed by atoms with E-state index in [1.165, 1.54) is 25.3 Å². The lowest BCUT2D eigenvalue weighted by molar-refractivity contribution is -0.143.